The summed E-state index contributed by atoms with van der Waals surface area (Å²) >= 11 is 1.68. The predicted octanol–water partition coefficient (Wildman–Crippen LogP) is 1.88. The fourth-order valence-electron chi connectivity index (χ4n) is 1.30. The van der Waals surface area contributed by atoms with Gasteiger partial charge in [-0.05, 0) is 38.4 Å². The van der Waals surface area contributed by atoms with E-state index < -0.39 is 0 Å². The molecule has 1 aromatic rings. The predicted molar refractivity (Wildman–Crippen MR) is 71.3 cm³/mol. The van der Waals surface area contributed by atoms with E-state index in [1.165, 1.54) is 4.88 Å². The number of halogens is 1. The second-order valence-corrected chi connectivity index (χ2v) is 4.91. The van der Waals surface area contributed by atoms with Crippen molar-refractivity contribution in [2.24, 2.45) is 5.73 Å². The summed E-state index contributed by atoms with van der Waals surface area (Å²) in [5.41, 5.74) is 5.36. The van der Waals surface area contributed by atoms with Crippen LogP contribution in [-0.4, -0.2) is 19.0 Å². The summed E-state index contributed by atoms with van der Waals surface area (Å²) in [4.78, 5) is 13.8. The van der Waals surface area contributed by atoms with Crippen molar-refractivity contribution < 1.29 is 4.79 Å². The Morgan fingerprint density at radius 3 is 2.75 bits per heavy atom. The van der Waals surface area contributed by atoms with Crippen molar-refractivity contribution in [3.8, 4) is 0 Å². The number of rotatable bonds is 6. The Bertz CT molecular complexity index is 315. The third-order valence-corrected chi connectivity index (χ3v) is 3.08. The molecule has 0 aliphatic heterocycles. The van der Waals surface area contributed by atoms with Crippen molar-refractivity contribution in [1.82, 2.24) is 5.32 Å². The molecule has 3 N–H and O–H groups in total. The largest absolute Gasteiger partial charge is 0.356 e. The third-order valence-electron chi connectivity index (χ3n) is 2.08. The summed E-state index contributed by atoms with van der Waals surface area (Å²) in [6, 6.07) is 4.06. The fraction of sp³-hybridized carbons (Fsp3) is 0.545. The number of hydrogen-bond donors (Lipinski definition) is 2. The molecule has 1 aromatic heterocycles. The van der Waals surface area contributed by atoms with E-state index in [4.69, 9.17) is 5.73 Å². The summed E-state index contributed by atoms with van der Waals surface area (Å²) in [5.74, 6) is 0.105. The molecule has 5 heteroatoms. The summed E-state index contributed by atoms with van der Waals surface area (Å²) < 4.78 is 0. The van der Waals surface area contributed by atoms with Gasteiger partial charge in [-0.1, -0.05) is 0 Å². The van der Waals surface area contributed by atoms with Gasteiger partial charge in [-0.15, -0.1) is 23.7 Å². The molecule has 0 fully saturated rings. The molecule has 0 bridgehead atoms. The first-order chi connectivity index (χ1) is 7.22. The lowest BCUT2D eigenvalue weighted by Crippen LogP contribution is -2.26. The van der Waals surface area contributed by atoms with Crippen molar-refractivity contribution in [3.05, 3.63) is 21.9 Å². The number of hydrogen-bond acceptors (Lipinski definition) is 3. The zero-order valence-corrected chi connectivity index (χ0v) is 11.1. The number of unbranched alkanes of at least 4 members (excludes halogenated alkanes) is 1. The summed E-state index contributed by atoms with van der Waals surface area (Å²) in [5, 5.41) is 2.89. The maximum atomic E-state index is 11.4. The maximum absolute atomic E-state index is 11.4. The smallest absolute Gasteiger partial charge is 0.225 e. The van der Waals surface area contributed by atoms with Crippen LogP contribution in [0.5, 0.6) is 0 Å². The molecule has 16 heavy (non-hydrogen) atoms. The van der Waals surface area contributed by atoms with Crippen LogP contribution in [-0.2, 0) is 11.2 Å². The minimum absolute atomic E-state index is 0. The van der Waals surface area contributed by atoms with Gasteiger partial charge >= 0.3 is 0 Å². The first kappa shape index (κ1) is 15.4. The Balaban J connectivity index is 0.00000225. The standard InChI is InChI=1S/C11H18N2OS.ClH/c1-9-4-5-10(15-9)8-11(14)13-7-3-2-6-12;/h4-5H,2-3,6-8,12H2,1H3,(H,13,14);1H. The van der Waals surface area contributed by atoms with E-state index >= 15 is 0 Å². The maximum Gasteiger partial charge on any atom is 0.225 e. The molecule has 0 saturated heterocycles. The number of thiophene rings is 1. The van der Waals surface area contributed by atoms with Crippen LogP contribution in [0.3, 0.4) is 0 Å². The molecular weight excluding hydrogens is 244 g/mol. The quantitative estimate of drug-likeness (QED) is 0.769. The van der Waals surface area contributed by atoms with Gasteiger partial charge in [0.05, 0.1) is 6.42 Å². The van der Waals surface area contributed by atoms with E-state index in [1.54, 1.807) is 11.3 Å². The van der Waals surface area contributed by atoms with E-state index in [0.29, 0.717) is 13.0 Å². The minimum Gasteiger partial charge on any atom is -0.356 e. The molecule has 1 rings (SSSR count). The molecule has 92 valence electrons. The number of carbonyl (C=O) groups is 1. The van der Waals surface area contributed by atoms with Crippen molar-refractivity contribution in [1.29, 1.82) is 0 Å². The molecule has 0 aromatic carbocycles. The van der Waals surface area contributed by atoms with Crippen LogP contribution in [0.2, 0.25) is 0 Å². The Morgan fingerprint density at radius 2 is 2.19 bits per heavy atom. The second kappa shape index (κ2) is 8.56. The highest BCUT2D eigenvalue weighted by molar-refractivity contribution is 7.12. The zero-order chi connectivity index (χ0) is 11.1. The third kappa shape index (κ3) is 6.10. The van der Waals surface area contributed by atoms with Gasteiger partial charge in [-0.3, -0.25) is 4.79 Å². The van der Waals surface area contributed by atoms with Crippen LogP contribution < -0.4 is 11.1 Å². The Kier molecular flexibility index (Phi) is 8.25. The van der Waals surface area contributed by atoms with Gasteiger partial charge in [-0.25, -0.2) is 0 Å². The first-order valence-corrected chi connectivity index (χ1v) is 6.06. The number of carbonyl (C=O) groups excluding carboxylic acids is 1. The van der Waals surface area contributed by atoms with Crippen molar-refractivity contribution >= 4 is 29.7 Å². The lowest BCUT2D eigenvalue weighted by Gasteiger charge is -2.02. The molecular formula is C11H19ClN2OS. The van der Waals surface area contributed by atoms with E-state index in [2.05, 4.69) is 5.32 Å². The van der Waals surface area contributed by atoms with E-state index in [0.717, 1.165) is 24.3 Å². The number of nitrogens with one attached hydrogen (secondary N) is 1. The highest BCUT2D eigenvalue weighted by Crippen LogP contribution is 2.15. The summed E-state index contributed by atoms with van der Waals surface area (Å²) in [6.07, 6.45) is 2.44. The van der Waals surface area contributed by atoms with Gasteiger partial charge in [0.25, 0.3) is 0 Å². The lowest BCUT2D eigenvalue weighted by molar-refractivity contribution is -0.120. The van der Waals surface area contributed by atoms with Crippen LogP contribution in [0.4, 0.5) is 0 Å². The van der Waals surface area contributed by atoms with E-state index in [1.807, 2.05) is 19.1 Å². The Labute approximate surface area is 107 Å². The second-order valence-electron chi connectivity index (χ2n) is 3.53. The number of nitrogens with two attached hydrogens (primary N) is 1. The molecule has 0 aliphatic rings. The molecule has 0 saturated carbocycles. The van der Waals surface area contributed by atoms with Gasteiger partial charge in [0, 0.05) is 16.3 Å². The average molecular weight is 263 g/mol. The molecule has 0 unspecified atom stereocenters. The number of aryl methyl sites for hydroxylation is 1. The van der Waals surface area contributed by atoms with Crippen molar-refractivity contribution in [2.45, 2.75) is 26.2 Å². The zero-order valence-electron chi connectivity index (χ0n) is 9.49. The highest BCUT2D eigenvalue weighted by Gasteiger charge is 2.04. The minimum atomic E-state index is 0. The normalized spacial score (nSPS) is 9.62. The van der Waals surface area contributed by atoms with Gasteiger partial charge in [0.1, 0.15) is 0 Å². The lowest BCUT2D eigenvalue weighted by atomic mass is 10.3. The van der Waals surface area contributed by atoms with Gasteiger partial charge in [0.2, 0.25) is 5.91 Å². The van der Waals surface area contributed by atoms with Crippen LogP contribution in [0.15, 0.2) is 12.1 Å². The number of amides is 1. The average Bonchev–Trinajstić information content (AvgIpc) is 2.59. The van der Waals surface area contributed by atoms with E-state index in [9.17, 15) is 4.79 Å². The topological polar surface area (TPSA) is 55.1 Å². The SMILES string of the molecule is Cc1ccc(CC(=O)NCCCCN)s1.Cl. The van der Waals surface area contributed by atoms with E-state index in [-0.39, 0.29) is 18.3 Å². The molecule has 0 spiro atoms. The molecule has 0 aliphatic carbocycles. The van der Waals surface area contributed by atoms with Gasteiger partial charge in [-0.2, -0.15) is 0 Å². The van der Waals surface area contributed by atoms with Gasteiger partial charge in [0.15, 0.2) is 0 Å². The summed E-state index contributed by atoms with van der Waals surface area (Å²) in [6.45, 7) is 3.48. The highest BCUT2D eigenvalue weighted by atomic mass is 35.5. The monoisotopic (exact) mass is 262 g/mol. The molecule has 3 nitrogen and oxygen atoms in total. The van der Waals surface area contributed by atoms with Crippen LogP contribution in [0.1, 0.15) is 22.6 Å². The van der Waals surface area contributed by atoms with Crippen LogP contribution in [0.25, 0.3) is 0 Å². The van der Waals surface area contributed by atoms with Crippen LogP contribution in [0, 0.1) is 6.92 Å². The molecule has 1 amide bonds. The molecule has 0 radical (unpaired) electrons. The molecule has 1 heterocycles. The fourth-order valence-corrected chi connectivity index (χ4v) is 2.19. The van der Waals surface area contributed by atoms with Gasteiger partial charge < -0.3 is 11.1 Å². The summed E-state index contributed by atoms with van der Waals surface area (Å²) in [7, 11) is 0. The Hall–Kier alpha value is -0.580. The Morgan fingerprint density at radius 1 is 1.44 bits per heavy atom. The molecule has 0 atom stereocenters. The first-order valence-electron chi connectivity index (χ1n) is 5.24. The van der Waals surface area contributed by atoms with Crippen molar-refractivity contribution in [3.63, 3.8) is 0 Å². The van der Waals surface area contributed by atoms with Crippen LogP contribution >= 0.6 is 23.7 Å². The van der Waals surface area contributed by atoms with Crippen molar-refractivity contribution in [2.75, 3.05) is 13.1 Å².